The number of amides is 1. The number of carbonyl (C=O) groups is 2. The number of hydrogen-bond acceptors (Lipinski definition) is 4. The van der Waals surface area contributed by atoms with Crippen molar-refractivity contribution >= 4 is 23.6 Å². The number of nitrogens with one attached hydrogen (secondary N) is 1. The fourth-order valence-electron chi connectivity index (χ4n) is 2.27. The Bertz CT molecular complexity index is 778. The molecule has 0 aliphatic carbocycles. The van der Waals surface area contributed by atoms with Crippen molar-refractivity contribution in [3.8, 4) is 5.75 Å². The average molecular weight is 309 g/mol. The maximum absolute atomic E-state index is 12.3. The second-order valence-electron chi connectivity index (χ2n) is 5.02. The van der Waals surface area contributed by atoms with Crippen molar-refractivity contribution in [1.29, 1.82) is 0 Å². The molecule has 1 aliphatic rings. The van der Waals surface area contributed by atoms with Gasteiger partial charge in [-0.05, 0) is 36.4 Å². The molecule has 1 aliphatic heterocycles. The molecule has 0 fully saturated rings. The molecule has 0 bridgehead atoms. The minimum atomic E-state index is -0.414. The summed E-state index contributed by atoms with van der Waals surface area (Å²) in [6.07, 6.45) is 1.82. The van der Waals surface area contributed by atoms with E-state index in [0.29, 0.717) is 16.8 Å². The minimum absolute atomic E-state index is 0.225. The number of ether oxygens (including phenoxy) is 2. The summed E-state index contributed by atoms with van der Waals surface area (Å²) < 4.78 is 10.2. The highest BCUT2D eigenvalue weighted by Gasteiger charge is 2.17. The first-order valence-corrected chi connectivity index (χ1v) is 7.09. The molecule has 0 saturated carbocycles. The van der Waals surface area contributed by atoms with Crippen LogP contribution in [-0.4, -0.2) is 25.6 Å². The molecule has 2 aromatic rings. The van der Waals surface area contributed by atoms with Crippen molar-refractivity contribution in [1.82, 2.24) is 0 Å². The lowest BCUT2D eigenvalue weighted by molar-refractivity contribution is -0.113. The van der Waals surface area contributed by atoms with Gasteiger partial charge in [0, 0.05) is 11.3 Å². The van der Waals surface area contributed by atoms with Gasteiger partial charge >= 0.3 is 5.97 Å². The highest BCUT2D eigenvalue weighted by molar-refractivity contribution is 6.07. The molecular weight excluding hydrogens is 294 g/mol. The van der Waals surface area contributed by atoms with Gasteiger partial charge in [-0.1, -0.05) is 18.2 Å². The zero-order valence-corrected chi connectivity index (χ0v) is 12.5. The molecule has 0 unspecified atom stereocenters. The van der Waals surface area contributed by atoms with Gasteiger partial charge in [-0.3, -0.25) is 4.79 Å². The minimum Gasteiger partial charge on any atom is -0.488 e. The molecule has 2 aromatic carbocycles. The lowest BCUT2D eigenvalue weighted by Gasteiger charge is -2.17. The Hall–Kier alpha value is -3.08. The number of methoxy groups -OCH3 is 1. The van der Waals surface area contributed by atoms with Crippen molar-refractivity contribution < 1.29 is 19.1 Å². The van der Waals surface area contributed by atoms with Crippen molar-refractivity contribution in [2.75, 3.05) is 19.0 Å². The molecule has 3 rings (SSSR count). The predicted molar refractivity (Wildman–Crippen MR) is 86.3 cm³/mol. The van der Waals surface area contributed by atoms with Gasteiger partial charge in [0.25, 0.3) is 5.91 Å². The molecule has 23 heavy (non-hydrogen) atoms. The first-order chi connectivity index (χ1) is 11.2. The van der Waals surface area contributed by atoms with Crippen LogP contribution in [0.1, 0.15) is 15.9 Å². The maximum atomic E-state index is 12.3. The van der Waals surface area contributed by atoms with E-state index < -0.39 is 5.97 Å². The van der Waals surface area contributed by atoms with E-state index >= 15 is 0 Å². The number of rotatable bonds is 3. The number of benzene rings is 2. The first kappa shape index (κ1) is 14.8. The molecule has 5 heteroatoms. The first-order valence-electron chi connectivity index (χ1n) is 7.09. The zero-order valence-electron chi connectivity index (χ0n) is 12.5. The summed E-state index contributed by atoms with van der Waals surface area (Å²) in [5.74, 6) is 0.125. The van der Waals surface area contributed by atoms with Crippen LogP contribution in [0.2, 0.25) is 0 Å². The van der Waals surface area contributed by atoms with E-state index in [9.17, 15) is 9.59 Å². The van der Waals surface area contributed by atoms with Crippen LogP contribution in [0.15, 0.2) is 54.1 Å². The molecule has 116 valence electrons. The molecule has 0 saturated heterocycles. The molecule has 0 atom stereocenters. The van der Waals surface area contributed by atoms with E-state index in [0.717, 1.165) is 11.3 Å². The summed E-state index contributed by atoms with van der Waals surface area (Å²) in [5, 5.41) is 2.79. The number of para-hydroxylation sites is 1. The smallest absolute Gasteiger partial charge is 0.337 e. The van der Waals surface area contributed by atoms with Crippen LogP contribution in [0.3, 0.4) is 0 Å². The van der Waals surface area contributed by atoms with E-state index in [1.807, 2.05) is 30.3 Å². The maximum Gasteiger partial charge on any atom is 0.337 e. The molecule has 5 nitrogen and oxygen atoms in total. The van der Waals surface area contributed by atoms with Gasteiger partial charge in [-0.25, -0.2) is 4.79 Å². The molecular formula is C18H15NO4. The Morgan fingerprint density at radius 2 is 1.83 bits per heavy atom. The normalized spacial score (nSPS) is 12.5. The molecule has 0 aromatic heterocycles. The van der Waals surface area contributed by atoms with Crippen LogP contribution in [0.5, 0.6) is 5.75 Å². The quantitative estimate of drug-likeness (QED) is 0.885. The summed E-state index contributed by atoms with van der Waals surface area (Å²) in [6, 6.07) is 14.1. The Morgan fingerprint density at radius 1 is 1.09 bits per heavy atom. The van der Waals surface area contributed by atoms with E-state index in [4.69, 9.17) is 4.74 Å². The van der Waals surface area contributed by atoms with E-state index in [1.165, 1.54) is 7.11 Å². The summed E-state index contributed by atoms with van der Waals surface area (Å²) in [5.41, 5.74) is 2.45. The Kier molecular flexibility index (Phi) is 4.10. The topological polar surface area (TPSA) is 64.6 Å². The monoisotopic (exact) mass is 309 g/mol. The fourth-order valence-corrected chi connectivity index (χ4v) is 2.27. The third-order valence-corrected chi connectivity index (χ3v) is 3.49. The Balaban J connectivity index is 1.73. The number of esters is 1. The second kappa shape index (κ2) is 6.36. The van der Waals surface area contributed by atoms with E-state index in [-0.39, 0.29) is 12.5 Å². The number of fused-ring (bicyclic) bond motifs is 1. The van der Waals surface area contributed by atoms with Crippen molar-refractivity contribution in [3.63, 3.8) is 0 Å². The lowest BCUT2D eigenvalue weighted by atomic mass is 10.1. The standard InChI is InChI=1S/C18H15NO4/c1-22-18(21)12-6-8-15(9-7-12)19-17(20)14-10-13-4-2-3-5-16(13)23-11-14/h2-10H,11H2,1H3,(H,19,20). The van der Waals surface area contributed by atoms with Gasteiger partial charge in [0.1, 0.15) is 12.4 Å². The van der Waals surface area contributed by atoms with Gasteiger partial charge in [0.2, 0.25) is 0 Å². The summed E-state index contributed by atoms with van der Waals surface area (Å²) in [6.45, 7) is 0.225. The average Bonchev–Trinajstić information content (AvgIpc) is 2.61. The second-order valence-corrected chi connectivity index (χ2v) is 5.02. The lowest BCUT2D eigenvalue weighted by Crippen LogP contribution is -2.21. The van der Waals surface area contributed by atoms with Crippen LogP contribution in [0.4, 0.5) is 5.69 Å². The van der Waals surface area contributed by atoms with Gasteiger partial charge in [0.05, 0.1) is 18.2 Å². The summed E-state index contributed by atoms with van der Waals surface area (Å²) in [7, 11) is 1.32. The highest BCUT2D eigenvalue weighted by atomic mass is 16.5. The molecule has 1 amide bonds. The predicted octanol–water partition coefficient (Wildman–Crippen LogP) is 2.89. The van der Waals surface area contributed by atoms with Crippen LogP contribution in [0, 0.1) is 0 Å². The van der Waals surface area contributed by atoms with Crippen molar-refractivity contribution in [2.24, 2.45) is 0 Å². The van der Waals surface area contributed by atoms with Crippen LogP contribution >= 0.6 is 0 Å². The Labute approximate surface area is 133 Å². The molecule has 1 heterocycles. The molecule has 1 N–H and O–H groups in total. The van der Waals surface area contributed by atoms with Gasteiger partial charge in [0.15, 0.2) is 0 Å². The summed E-state index contributed by atoms with van der Waals surface area (Å²) >= 11 is 0. The highest BCUT2D eigenvalue weighted by Crippen LogP contribution is 2.26. The van der Waals surface area contributed by atoms with Gasteiger partial charge in [-0.15, -0.1) is 0 Å². The Morgan fingerprint density at radius 3 is 2.57 bits per heavy atom. The van der Waals surface area contributed by atoms with Crippen LogP contribution in [-0.2, 0) is 9.53 Å². The van der Waals surface area contributed by atoms with Crippen LogP contribution < -0.4 is 10.1 Å². The van der Waals surface area contributed by atoms with Gasteiger partial charge in [-0.2, -0.15) is 0 Å². The largest absolute Gasteiger partial charge is 0.488 e. The molecule has 0 radical (unpaired) electrons. The van der Waals surface area contributed by atoms with Crippen LogP contribution in [0.25, 0.3) is 6.08 Å². The third kappa shape index (κ3) is 3.23. The van der Waals surface area contributed by atoms with Crippen molar-refractivity contribution in [2.45, 2.75) is 0 Å². The molecule has 0 spiro atoms. The third-order valence-electron chi connectivity index (χ3n) is 3.49. The summed E-state index contributed by atoms with van der Waals surface area (Å²) in [4.78, 5) is 23.7. The number of anilines is 1. The van der Waals surface area contributed by atoms with Gasteiger partial charge < -0.3 is 14.8 Å². The zero-order chi connectivity index (χ0) is 16.2. The van der Waals surface area contributed by atoms with E-state index in [1.54, 1.807) is 24.3 Å². The number of carbonyl (C=O) groups excluding carboxylic acids is 2. The van der Waals surface area contributed by atoms with Crippen molar-refractivity contribution in [3.05, 3.63) is 65.2 Å². The number of hydrogen-bond donors (Lipinski definition) is 1. The SMILES string of the molecule is COC(=O)c1ccc(NC(=O)C2=Cc3ccccc3OC2)cc1. The van der Waals surface area contributed by atoms with E-state index in [2.05, 4.69) is 10.1 Å². The fraction of sp³-hybridized carbons (Fsp3) is 0.111.